The van der Waals surface area contributed by atoms with Crippen molar-refractivity contribution in [3.8, 4) is 11.1 Å². The van der Waals surface area contributed by atoms with Crippen LogP contribution in [0.2, 0.25) is 0 Å². The molecule has 5 heterocycles. The Kier molecular flexibility index (Phi) is 6.16. The molecule has 4 aromatic heterocycles. The second kappa shape index (κ2) is 9.41. The molecule has 9 nitrogen and oxygen atoms in total. The van der Waals surface area contributed by atoms with Gasteiger partial charge in [-0.3, -0.25) is 14.0 Å². The molecule has 35 heavy (non-hydrogen) atoms. The fraction of sp³-hybridized carbons (Fsp3) is 0.333. The van der Waals surface area contributed by atoms with E-state index in [0.717, 1.165) is 42.4 Å². The minimum Gasteiger partial charge on any atom is -0.349 e. The van der Waals surface area contributed by atoms with Crippen molar-refractivity contribution in [2.45, 2.75) is 25.3 Å². The normalized spacial score (nSPS) is 15.2. The Morgan fingerprint density at radius 3 is 2.74 bits per heavy atom. The SMILES string of the molecule is CN1CCC(NC(=O)c2cnc3[nH]cc(-c4ccc5ncc(C(=O)NCC(F)F)n5c4)c3c2)CC1. The first-order chi connectivity index (χ1) is 16.9. The number of fused-ring (bicyclic) bond motifs is 2. The topological polar surface area (TPSA) is 107 Å². The first kappa shape index (κ1) is 22.9. The summed E-state index contributed by atoms with van der Waals surface area (Å²) in [5, 5.41) is 6.06. The summed E-state index contributed by atoms with van der Waals surface area (Å²) in [5.41, 5.74) is 3.28. The van der Waals surface area contributed by atoms with Crippen molar-refractivity contribution in [2.75, 3.05) is 26.7 Å². The minimum atomic E-state index is -2.64. The fourth-order valence-electron chi connectivity index (χ4n) is 4.36. The maximum absolute atomic E-state index is 12.9. The molecule has 1 fully saturated rings. The van der Waals surface area contributed by atoms with Crippen molar-refractivity contribution in [3.05, 3.63) is 54.2 Å². The number of H-pyrrole nitrogens is 1. The number of nitrogens with zero attached hydrogens (tertiary/aromatic N) is 4. The number of amides is 2. The van der Waals surface area contributed by atoms with Gasteiger partial charge in [0.25, 0.3) is 18.2 Å². The number of hydrogen-bond donors (Lipinski definition) is 3. The van der Waals surface area contributed by atoms with Crippen molar-refractivity contribution in [3.63, 3.8) is 0 Å². The second-order valence-corrected chi connectivity index (χ2v) is 8.76. The Hall–Kier alpha value is -3.86. The van der Waals surface area contributed by atoms with Gasteiger partial charge in [0.1, 0.15) is 17.0 Å². The van der Waals surface area contributed by atoms with Crippen molar-refractivity contribution >= 4 is 28.5 Å². The van der Waals surface area contributed by atoms with Gasteiger partial charge in [-0.15, -0.1) is 0 Å². The van der Waals surface area contributed by atoms with E-state index in [-0.39, 0.29) is 17.6 Å². The number of aromatic amines is 1. The molecule has 3 N–H and O–H groups in total. The Morgan fingerprint density at radius 1 is 1.17 bits per heavy atom. The van der Waals surface area contributed by atoms with Gasteiger partial charge < -0.3 is 20.5 Å². The predicted molar refractivity (Wildman–Crippen MR) is 127 cm³/mol. The Balaban J connectivity index is 1.43. The quantitative estimate of drug-likeness (QED) is 0.393. The van der Waals surface area contributed by atoms with Crippen LogP contribution in [-0.2, 0) is 0 Å². The van der Waals surface area contributed by atoms with Gasteiger partial charge in [-0.1, -0.05) is 0 Å². The standard InChI is InChI=1S/C24H25F2N7O2/c1-32-6-4-16(5-7-32)31-23(34)15-8-17-18(10-29-22(17)28-9-15)14-2-3-21-27-11-19(33(21)13-14)24(35)30-12-20(25)26/h2-3,8-11,13,16,20H,4-7,12H2,1H3,(H,28,29)(H,30,35)(H,31,34). The lowest BCUT2D eigenvalue weighted by molar-refractivity contribution is 0.0885. The zero-order valence-electron chi connectivity index (χ0n) is 19.1. The van der Waals surface area contributed by atoms with Gasteiger partial charge in [-0.25, -0.2) is 18.7 Å². The molecule has 0 bridgehead atoms. The highest BCUT2D eigenvalue weighted by atomic mass is 19.3. The molecule has 4 aromatic rings. The van der Waals surface area contributed by atoms with E-state index in [0.29, 0.717) is 16.9 Å². The van der Waals surface area contributed by atoms with Crippen LogP contribution in [0.15, 0.2) is 43.0 Å². The van der Waals surface area contributed by atoms with E-state index in [9.17, 15) is 18.4 Å². The van der Waals surface area contributed by atoms with Crippen LogP contribution in [0.25, 0.3) is 27.8 Å². The van der Waals surface area contributed by atoms with E-state index in [1.807, 2.05) is 6.07 Å². The van der Waals surface area contributed by atoms with E-state index in [1.54, 1.807) is 35.1 Å². The molecule has 1 saturated heterocycles. The average molecular weight is 482 g/mol. The third kappa shape index (κ3) is 4.72. The van der Waals surface area contributed by atoms with Crippen LogP contribution in [0.3, 0.4) is 0 Å². The zero-order valence-corrected chi connectivity index (χ0v) is 19.1. The van der Waals surface area contributed by atoms with Crippen LogP contribution in [0, 0.1) is 0 Å². The molecule has 0 unspecified atom stereocenters. The molecule has 11 heteroatoms. The molecule has 0 aromatic carbocycles. The van der Waals surface area contributed by atoms with E-state index in [4.69, 9.17) is 0 Å². The molecule has 5 rings (SSSR count). The van der Waals surface area contributed by atoms with Gasteiger partial charge >= 0.3 is 0 Å². The Labute approximate surface area is 199 Å². The van der Waals surface area contributed by atoms with Crippen molar-refractivity contribution in [1.29, 1.82) is 0 Å². The van der Waals surface area contributed by atoms with Crippen LogP contribution in [-0.4, -0.2) is 75.2 Å². The van der Waals surface area contributed by atoms with E-state index in [2.05, 4.69) is 37.5 Å². The van der Waals surface area contributed by atoms with Crippen molar-refractivity contribution in [2.24, 2.45) is 0 Å². The van der Waals surface area contributed by atoms with E-state index >= 15 is 0 Å². The summed E-state index contributed by atoms with van der Waals surface area (Å²) < 4.78 is 26.6. The number of rotatable bonds is 6. The zero-order chi connectivity index (χ0) is 24.5. The molecule has 0 saturated carbocycles. The number of halogens is 2. The average Bonchev–Trinajstić information content (AvgIpc) is 3.47. The summed E-state index contributed by atoms with van der Waals surface area (Å²) in [6.45, 7) is 1.16. The summed E-state index contributed by atoms with van der Waals surface area (Å²) in [6.07, 6.45) is 5.58. The number of carbonyl (C=O) groups excluding carboxylic acids is 2. The molecule has 0 radical (unpaired) electrons. The molecule has 182 valence electrons. The highest BCUT2D eigenvalue weighted by Gasteiger charge is 2.20. The lowest BCUT2D eigenvalue weighted by Crippen LogP contribution is -2.43. The van der Waals surface area contributed by atoms with E-state index in [1.165, 1.54) is 6.20 Å². The number of alkyl halides is 2. The Morgan fingerprint density at radius 2 is 1.97 bits per heavy atom. The van der Waals surface area contributed by atoms with Crippen LogP contribution in [0.5, 0.6) is 0 Å². The van der Waals surface area contributed by atoms with Gasteiger partial charge in [0.2, 0.25) is 0 Å². The molecule has 0 atom stereocenters. The van der Waals surface area contributed by atoms with Gasteiger partial charge in [0.05, 0.1) is 18.3 Å². The lowest BCUT2D eigenvalue weighted by Gasteiger charge is -2.29. The Bertz CT molecular complexity index is 1390. The van der Waals surface area contributed by atoms with Crippen LogP contribution in [0.4, 0.5) is 8.78 Å². The van der Waals surface area contributed by atoms with Gasteiger partial charge in [0, 0.05) is 41.1 Å². The number of aromatic nitrogens is 4. The number of carbonyl (C=O) groups is 2. The smallest absolute Gasteiger partial charge is 0.270 e. The van der Waals surface area contributed by atoms with Gasteiger partial charge in [0.15, 0.2) is 0 Å². The second-order valence-electron chi connectivity index (χ2n) is 8.76. The van der Waals surface area contributed by atoms with Crippen LogP contribution in [0.1, 0.15) is 33.7 Å². The highest BCUT2D eigenvalue weighted by Crippen LogP contribution is 2.29. The summed E-state index contributed by atoms with van der Waals surface area (Å²) in [6, 6.07) is 5.52. The predicted octanol–water partition coefficient (Wildman–Crippen LogP) is 2.70. The third-order valence-electron chi connectivity index (χ3n) is 6.31. The molecule has 1 aliphatic heterocycles. The maximum Gasteiger partial charge on any atom is 0.270 e. The van der Waals surface area contributed by atoms with Gasteiger partial charge in [-0.05, 0) is 51.2 Å². The first-order valence-electron chi connectivity index (χ1n) is 11.4. The minimum absolute atomic E-state index is 0.137. The number of piperidine rings is 1. The monoisotopic (exact) mass is 481 g/mol. The molecular formula is C24H25F2N7O2. The number of imidazole rings is 1. The van der Waals surface area contributed by atoms with Crippen molar-refractivity contribution in [1.82, 2.24) is 34.9 Å². The van der Waals surface area contributed by atoms with E-state index < -0.39 is 18.9 Å². The van der Waals surface area contributed by atoms with Crippen molar-refractivity contribution < 1.29 is 18.4 Å². The van der Waals surface area contributed by atoms with Crippen LogP contribution < -0.4 is 10.6 Å². The van der Waals surface area contributed by atoms with Gasteiger partial charge in [-0.2, -0.15) is 0 Å². The fourth-order valence-corrected chi connectivity index (χ4v) is 4.36. The molecule has 1 aliphatic rings. The lowest BCUT2D eigenvalue weighted by atomic mass is 10.0. The number of pyridine rings is 2. The number of likely N-dealkylation sites (tertiary alicyclic amines) is 1. The highest BCUT2D eigenvalue weighted by molar-refractivity contribution is 6.01. The largest absolute Gasteiger partial charge is 0.349 e. The number of hydrogen-bond acceptors (Lipinski definition) is 5. The summed E-state index contributed by atoms with van der Waals surface area (Å²) in [5.74, 6) is -0.799. The summed E-state index contributed by atoms with van der Waals surface area (Å²) >= 11 is 0. The molecular weight excluding hydrogens is 456 g/mol. The molecule has 0 spiro atoms. The molecule has 0 aliphatic carbocycles. The third-order valence-corrected chi connectivity index (χ3v) is 6.31. The maximum atomic E-state index is 12.9. The first-order valence-corrected chi connectivity index (χ1v) is 11.4. The number of nitrogens with one attached hydrogen (secondary N) is 3. The summed E-state index contributed by atoms with van der Waals surface area (Å²) in [4.78, 5) is 39.2. The van der Waals surface area contributed by atoms with Crippen LogP contribution >= 0.6 is 0 Å². The molecule has 2 amide bonds. The summed E-state index contributed by atoms with van der Waals surface area (Å²) in [7, 11) is 2.07.